The van der Waals surface area contributed by atoms with Crippen molar-refractivity contribution in [2.24, 2.45) is 0 Å². The van der Waals surface area contributed by atoms with Crippen LogP contribution in [-0.2, 0) is 5.41 Å². The van der Waals surface area contributed by atoms with E-state index in [2.05, 4.69) is 68.5 Å². The first-order valence-corrected chi connectivity index (χ1v) is 18.6. The second kappa shape index (κ2) is 13.5. The van der Waals surface area contributed by atoms with Crippen LogP contribution >= 0.6 is 0 Å². The van der Waals surface area contributed by atoms with Crippen molar-refractivity contribution < 1.29 is 18.9 Å². The van der Waals surface area contributed by atoms with Crippen molar-refractivity contribution in [2.45, 2.75) is 5.41 Å². The minimum atomic E-state index is -0.836. The monoisotopic (exact) mass is 744 g/mol. The number of hydrogen-bond acceptors (Lipinski definition) is 8. The Bertz CT molecular complexity index is 2440. The van der Waals surface area contributed by atoms with Crippen LogP contribution in [0.3, 0.4) is 0 Å². The van der Waals surface area contributed by atoms with Gasteiger partial charge in [0.1, 0.15) is 23.0 Å². The van der Waals surface area contributed by atoms with E-state index >= 15 is 0 Å². The predicted molar refractivity (Wildman–Crippen MR) is 222 cm³/mol. The molecule has 0 saturated carbocycles. The standard InChI is InChI=1S/C49H36N4O4/c1-54-45-25-41-37(21-33(45)29-5-13-50-14-6-29)38-22-34(30-7-15-51-16-8-30)46(55-2)26-42(38)49(41)43-27-47(56-3)35(31-9-17-52-18-10-31)23-39(43)40-24-36(32-11-19-53-20-12-32)48(57-4)28-44(40)49/h5-28H,1-4H3. The number of methoxy groups -OCH3 is 4. The van der Waals surface area contributed by atoms with E-state index in [9.17, 15) is 0 Å². The molecule has 2 aliphatic carbocycles. The third-order valence-electron chi connectivity index (χ3n) is 11.5. The van der Waals surface area contributed by atoms with Gasteiger partial charge in [-0.2, -0.15) is 0 Å². The Morgan fingerprint density at radius 3 is 0.702 bits per heavy atom. The lowest BCUT2D eigenvalue weighted by Gasteiger charge is -2.32. The lowest BCUT2D eigenvalue weighted by Crippen LogP contribution is -2.26. The summed E-state index contributed by atoms with van der Waals surface area (Å²) in [5.41, 5.74) is 15.8. The molecule has 0 amide bonds. The van der Waals surface area contributed by atoms with Gasteiger partial charge in [-0.25, -0.2) is 0 Å². The summed E-state index contributed by atoms with van der Waals surface area (Å²) in [5, 5.41) is 0. The summed E-state index contributed by atoms with van der Waals surface area (Å²) in [6.07, 6.45) is 14.5. The molecule has 57 heavy (non-hydrogen) atoms. The van der Waals surface area contributed by atoms with E-state index in [1.54, 1.807) is 28.4 Å². The van der Waals surface area contributed by atoms with Gasteiger partial charge >= 0.3 is 0 Å². The highest BCUT2D eigenvalue weighted by molar-refractivity contribution is 6.01. The summed E-state index contributed by atoms with van der Waals surface area (Å²) >= 11 is 0. The molecule has 8 heteroatoms. The molecule has 4 aromatic heterocycles. The van der Waals surface area contributed by atoms with Crippen molar-refractivity contribution in [3.8, 4) is 89.8 Å². The number of ether oxygens (including phenoxy) is 4. The Balaban J connectivity index is 1.38. The maximum Gasteiger partial charge on any atom is 0.127 e. The Hall–Kier alpha value is -7.32. The molecule has 8 aromatic rings. The van der Waals surface area contributed by atoms with Gasteiger partial charge in [-0.15, -0.1) is 0 Å². The van der Waals surface area contributed by atoms with E-state index < -0.39 is 5.41 Å². The van der Waals surface area contributed by atoms with Gasteiger partial charge in [-0.3, -0.25) is 19.9 Å². The van der Waals surface area contributed by atoms with Crippen LogP contribution in [0.1, 0.15) is 22.3 Å². The van der Waals surface area contributed by atoms with Crippen LogP contribution < -0.4 is 18.9 Å². The first kappa shape index (κ1) is 34.2. The van der Waals surface area contributed by atoms with Crippen LogP contribution in [-0.4, -0.2) is 48.4 Å². The van der Waals surface area contributed by atoms with Gasteiger partial charge in [-0.1, -0.05) is 0 Å². The summed E-state index contributed by atoms with van der Waals surface area (Å²) < 4.78 is 25.1. The molecular weight excluding hydrogens is 709 g/mol. The van der Waals surface area contributed by atoms with Gasteiger partial charge in [-0.05, 0) is 164 Å². The van der Waals surface area contributed by atoms with E-state index in [-0.39, 0.29) is 0 Å². The molecule has 0 unspecified atom stereocenters. The van der Waals surface area contributed by atoms with Crippen LogP contribution in [0.25, 0.3) is 66.8 Å². The van der Waals surface area contributed by atoms with Crippen LogP contribution in [0.4, 0.5) is 0 Å². The van der Waals surface area contributed by atoms with Gasteiger partial charge in [0.15, 0.2) is 0 Å². The van der Waals surface area contributed by atoms with Crippen molar-refractivity contribution in [1.82, 2.24) is 19.9 Å². The molecule has 10 rings (SSSR count). The van der Waals surface area contributed by atoms with Crippen LogP contribution in [0.15, 0.2) is 147 Å². The van der Waals surface area contributed by atoms with E-state index in [1.165, 1.54) is 0 Å². The first-order valence-electron chi connectivity index (χ1n) is 18.6. The number of nitrogens with zero attached hydrogens (tertiary/aromatic N) is 4. The largest absolute Gasteiger partial charge is 0.496 e. The van der Waals surface area contributed by atoms with Gasteiger partial charge in [0.2, 0.25) is 0 Å². The smallest absolute Gasteiger partial charge is 0.127 e. The molecule has 0 N–H and O–H groups in total. The normalized spacial score (nSPS) is 12.7. The number of aromatic nitrogens is 4. The molecule has 4 heterocycles. The summed E-state index contributed by atoms with van der Waals surface area (Å²) in [4.78, 5) is 17.2. The third kappa shape index (κ3) is 5.07. The van der Waals surface area contributed by atoms with E-state index in [4.69, 9.17) is 18.9 Å². The fraction of sp³-hybridized carbons (Fsp3) is 0.102. The molecule has 4 aromatic carbocycles. The molecular formula is C49H36N4O4. The number of fused-ring (bicyclic) bond motifs is 10. The van der Waals surface area contributed by atoms with Crippen molar-refractivity contribution >= 4 is 0 Å². The van der Waals surface area contributed by atoms with Gasteiger partial charge in [0, 0.05) is 71.8 Å². The molecule has 0 aliphatic heterocycles. The minimum Gasteiger partial charge on any atom is -0.496 e. The van der Waals surface area contributed by atoms with Crippen molar-refractivity contribution in [3.05, 3.63) is 169 Å². The van der Waals surface area contributed by atoms with Gasteiger partial charge in [0.25, 0.3) is 0 Å². The average molecular weight is 745 g/mol. The zero-order chi connectivity index (χ0) is 38.7. The lowest BCUT2D eigenvalue weighted by atomic mass is 9.69. The summed E-state index contributed by atoms with van der Waals surface area (Å²) in [7, 11) is 6.93. The van der Waals surface area contributed by atoms with Crippen LogP contribution in [0.5, 0.6) is 23.0 Å². The zero-order valence-corrected chi connectivity index (χ0v) is 31.8. The molecule has 2 aliphatic rings. The Morgan fingerprint density at radius 1 is 0.298 bits per heavy atom. The highest BCUT2D eigenvalue weighted by Crippen LogP contribution is 2.66. The van der Waals surface area contributed by atoms with Crippen molar-refractivity contribution in [2.75, 3.05) is 28.4 Å². The van der Waals surface area contributed by atoms with E-state index in [1.807, 2.05) is 98.1 Å². The van der Waals surface area contributed by atoms with Crippen molar-refractivity contribution in [1.29, 1.82) is 0 Å². The van der Waals surface area contributed by atoms with Crippen molar-refractivity contribution in [3.63, 3.8) is 0 Å². The Kier molecular flexibility index (Phi) is 8.07. The maximum atomic E-state index is 6.27. The third-order valence-corrected chi connectivity index (χ3v) is 11.5. The van der Waals surface area contributed by atoms with Gasteiger partial charge in [0.05, 0.1) is 33.9 Å². The minimum absolute atomic E-state index is 0.754. The van der Waals surface area contributed by atoms with Gasteiger partial charge < -0.3 is 18.9 Å². The lowest BCUT2D eigenvalue weighted by molar-refractivity contribution is 0.413. The highest BCUT2D eigenvalue weighted by Gasteiger charge is 2.53. The summed E-state index contributed by atoms with van der Waals surface area (Å²) in [6, 6.07) is 34.1. The number of rotatable bonds is 8. The molecule has 8 nitrogen and oxygen atoms in total. The molecule has 276 valence electrons. The second-order valence-corrected chi connectivity index (χ2v) is 14.1. The number of pyridine rings is 4. The summed E-state index contributed by atoms with van der Waals surface area (Å²) in [6.45, 7) is 0. The first-order chi connectivity index (χ1) is 28.1. The highest BCUT2D eigenvalue weighted by atomic mass is 16.5. The Labute approximate surface area is 330 Å². The average Bonchev–Trinajstić information content (AvgIpc) is 3.72. The van der Waals surface area contributed by atoms with E-state index in [0.717, 1.165) is 112 Å². The fourth-order valence-electron chi connectivity index (χ4n) is 9.03. The van der Waals surface area contributed by atoms with Crippen LogP contribution in [0.2, 0.25) is 0 Å². The quantitative estimate of drug-likeness (QED) is 0.152. The topological polar surface area (TPSA) is 88.5 Å². The SMILES string of the molecule is COc1cc2c(cc1-c1ccncc1)-c1cc(-c3ccncc3)c(OC)cc1C21c2cc(OC)c(-c3ccncc3)cc2-c2cc(-c3ccncc3)c(OC)cc21. The van der Waals surface area contributed by atoms with E-state index in [0.29, 0.717) is 0 Å². The molecule has 0 radical (unpaired) electrons. The summed E-state index contributed by atoms with van der Waals surface area (Å²) in [5.74, 6) is 3.02. The van der Waals surface area contributed by atoms with Crippen LogP contribution in [0, 0.1) is 0 Å². The zero-order valence-electron chi connectivity index (χ0n) is 31.8. The molecule has 0 bridgehead atoms. The maximum absolute atomic E-state index is 6.27. The Morgan fingerprint density at radius 2 is 0.509 bits per heavy atom. The predicted octanol–water partition coefficient (Wildman–Crippen LogP) is 10.3. The number of hydrogen-bond donors (Lipinski definition) is 0. The molecule has 1 spiro atoms. The molecule has 0 atom stereocenters. The molecule has 0 fully saturated rings. The fourth-order valence-corrected chi connectivity index (χ4v) is 9.03. The molecule has 0 saturated heterocycles. The second-order valence-electron chi connectivity index (χ2n) is 14.1. The number of benzene rings is 4.